The Kier molecular flexibility index (Phi) is 1.92. The smallest absolute Gasteiger partial charge is 0.191 e. The van der Waals surface area contributed by atoms with Crippen molar-refractivity contribution in [2.45, 2.75) is 32.3 Å². The molecule has 1 heterocycles. The maximum atomic E-state index is 8.70. The van der Waals surface area contributed by atoms with Crippen LogP contribution in [-0.2, 0) is 4.74 Å². The van der Waals surface area contributed by atoms with Crippen molar-refractivity contribution >= 4 is 5.90 Å². The van der Waals surface area contributed by atoms with E-state index in [2.05, 4.69) is 4.99 Å². The molecule has 2 unspecified atom stereocenters. The maximum Gasteiger partial charge on any atom is 0.191 e. The molecule has 4 nitrogen and oxygen atoms in total. The van der Waals surface area contributed by atoms with E-state index in [1.165, 1.54) is 0 Å². The molecular weight excluding hydrogens is 134 g/mol. The predicted octanol–water partition coefficient (Wildman–Crippen LogP) is -0.497. The average molecular weight is 145 g/mol. The van der Waals surface area contributed by atoms with Crippen LogP contribution in [0.5, 0.6) is 0 Å². The molecule has 0 aliphatic carbocycles. The van der Waals surface area contributed by atoms with E-state index in [4.69, 9.17) is 14.9 Å². The lowest BCUT2D eigenvalue weighted by atomic mass is 10.2. The van der Waals surface area contributed by atoms with Crippen molar-refractivity contribution in [3.8, 4) is 0 Å². The monoisotopic (exact) mass is 145 g/mol. The fourth-order valence-corrected chi connectivity index (χ4v) is 0.996. The first-order chi connectivity index (χ1) is 4.61. The highest BCUT2D eigenvalue weighted by atomic mass is 16.6. The van der Waals surface area contributed by atoms with Crippen molar-refractivity contribution < 1.29 is 14.9 Å². The van der Waals surface area contributed by atoms with Gasteiger partial charge in [0.25, 0.3) is 0 Å². The molecule has 0 fully saturated rings. The fraction of sp³-hybridized carbons (Fsp3) is 0.833. The molecule has 1 aliphatic heterocycles. The Morgan fingerprint density at radius 2 is 2.20 bits per heavy atom. The lowest BCUT2D eigenvalue weighted by Crippen LogP contribution is -2.33. The number of aliphatic hydroxyl groups excluding tert-OH is 1. The van der Waals surface area contributed by atoms with Gasteiger partial charge >= 0.3 is 0 Å². The highest BCUT2D eigenvalue weighted by molar-refractivity contribution is 5.75. The Bertz CT molecular complexity index is 155. The number of rotatable bonds is 1. The van der Waals surface area contributed by atoms with E-state index in [1.54, 1.807) is 13.8 Å². The second-order valence-electron chi connectivity index (χ2n) is 2.38. The van der Waals surface area contributed by atoms with Gasteiger partial charge in [0.05, 0.1) is 6.04 Å². The van der Waals surface area contributed by atoms with Crippen molar-refractivity contribution in [2.75, 3.05) is 0 Å². The number of hydrogen-bond donors (Lipinski definition) is 2. The minimum absolute atomic E-state index is 0.153. The lowest BCUT2D eigenvalue weighted by molar-refractivity contribution is -0.114. The van der Waals surface area contributed by atoms with Gasteiger partial charge in [-0.2, -0.15) is 0 Å². The molecule has 0 radical (unpaired) electrons. The van der Waals surface area contributed by atoms with E-state index >= 15 is 0 Å². The van der Waals surface area contributed by atoms with E-state index < -0.39 is 12.4 Å². The topological polar surface area (TPSA) is 62.1 Å². The van der Waals surface area contributed by atoms with Crippen molar-refractivity contribution in [1.82, 2.24) is 0 Å². The van der Waals surface area contributed by atoms with Crippen LogP contribution in [0.15, 0.2) is 4.99 Å². The molecule has 0 aromatic carbocycles. The Hall–Kier alpha value is -0.610. The number of ether oxygens (including phenoxy) is 1. The van der Waals surface area contributed by atoms with Crippen molar-refractivity contribution in [3.05, 3.63) is 0 Å². The minimum Gasteiger partial charge on any atom is -0.470 e. The van der Waals surface area contributed by atoms with Gasteiger partial charge in [-0.25, -0.2) is 4.99 Å². The summed E-state index contributed by atoms with van der Waals surface area (Å²) in [6.07, 6.45) is -2.02. The quantitative estimate of drug-likeness (QED) is 0.489. The number of aliphatic imine (C=N–C) groups is 1. The molecule has 2 N–H and O–H groups in total. The zero-order valence-corrected chi connectivity index (χ0v) is 5.98. The third-order valence-electron chi connectivity index (χ3n) is 1.46. The Morgan fingerprint density at radius 3 is 2.40 bits per heavy atom. The van der Waals surface area contributed by atoms with Crippen molar-refractivity contribution in [3.63, 3.8) is 0 Å². The van der Waals surface area contributed by atoms with Gasteiger partial charge in [-0.15, -0.1) is 0 Å². The molecule has 0 spiro atoms. The molecule has 0 aromatic heterocycles. The summed E-state index contributed by atoms with van der Waals surface area (Å²) in [5, 5.41) is 17.4. The molecule has 10 heavy (non-hydrogen) atoms. The normalized spacial score (nSPS) is 32.3. The summed E-state index contributed by atoms with van der Waals surface area (Å²) in [5.41, 5.74) is 0. The summed E-state index contributed by atoms with van der Waals surface area (Å²) >= 11 is 0. The molecule has 0 saturated heterocycles. The Labute approximate surface area is 59.2 Å². The SMILES string of the molecule is CC1=NC(C)C(C(O)O)O1. The molecule has 1 rings (SSSR count). The molecule has 1 aliphatic rings. The minimum atomic E-state index is -1.43. The van der Waals surface area contributed by atoms with Gasteiger partial charge in [-0.05, 0) is 6.92 Å². The third-order valence-corrected chi connectivity index (χ3v) is 1.46. The van der Waals surface area contributed by atoms with Crippen LogP contribution in [0, 0.1) is 0 Å². The van der Waals surface area contributed by atoms with Crippen LogP contribution in [0.4, 0.5) is 0 Å². The summed E-state index contributed by atoms with van der Waals surface area (Å²) < 4.78 is 4.98. The molecule has 0 bridgehead atoms. The van der Waals surface area contributed by atoms with E-state index in [1.807, 2.05) is 0 Å². The number of nitrogens with zero attached hydrogens (tertiary/aromatic N) is 1. The highest BCUT2D eigenvalue weighted by Gasteiger charge is 2.30. The van der Waals surface area contributed by atoms with Crippen molar-refractivity contribution in [1.29, 1.82) is 0 Å². The third kappa shape index (κ3) is 1.27. The van der Waals surface area contributed by atoms with Gasteiger partial charge in [-0.1, -0.05) is 0 Å². The van der Waals surface area contributed by atoms with Gasteiger partial charge in [0.15, 0.2) is 18.3 Å². The maximum absolute atomic E-state index is 8.70. The fourth-order valence-electron chi connectivity index (χ4n) is 0.996. The number of hydrogen-bond acceptors (Lipinski definition) is 4. The zero-order chi connectivity index (χ0) is 7.72. The van der Waals surface area contributed by atoms with Gasteiger partial charge in [0, 0.05) is 6.92 Å². The van der Waals surface area contributed by atoms with Crippen LogP contribution in [0.1, 0.15) is 13.8 Å². The Morgan fingerprint density at radius 1 is 1.60 bits per heavy atom. The first-order valence-corrected chi connectivity index (χ1v) is 3.18. The predicted molar refractivity (Wildman–Crippen MR) is 35.7 cm³/mol. The highest BCUT2D eigenvalue weighted by Crippen LogP contribution is 2.14. The van der Waals surface area contributed by atoms with E-state index in [9.17, 15) is 0 Å². The second kappa shape index (κ2) is 2.56. The second-order valence-corrected chi connectivity index (χ2v) is 2.38. The summed E-state index contributed by atoms with van der Waals surface area (Å²) in [6, 6.07) is -0.153. The first kappa shape index (κ1) is 7.50. The molecule has 0 aromatic rings. The standard InChI is InChI=1S/C6H11NO3/c1-3-5(6(8)9)10-4(2)7-3/h3,5-6,8-9H,1-2H3. The van der Waals surface area contributed by atoms with E-state index in [-0.39, 0.29) is 6.04 Å². The molecule has 0 saturated carbocycles. The van der Waals surface area contributed by atoms with Crippen molar-refractivity contribution in [2.24, 2.45) is 4.99 Å². The first-order valence-electron chi connectivity index (χ1n) is 3.18. The number of aliphatic hydroxyl groups is 2. The summed E-state index contributed by atoms with van der Waals surface area (Å²) in [5.74, 6) is 0.519. The summed E-state index contributed by atoms with van der Waals surface area (Å²) in [7, 11) is 0. The molecule has 0 amide bonds. The van der Waals surface area contributed by atoms with E-state index in [0.717, 1.165) is 0 Å². The van der Waals surface area contributed by atoms with Gasteiger partial charge in [0.2, 0.25) is 0 Å². The Balaban J connectivity index is 2.55. The lowest BCUT2D eigenvalue weighted by Gasteiger charge is -2.15. The van der Waals surface area contributed by atoms with Crippen LogP contribution < -0.4 is 0 Å². The van der Waals surface area contributed by atoms with Crippen LogP contribution in [-0.4, -0.2) is 34.5 Å². The molecule has 4 heteroatoms. The molecular formula is C6H11NO3. The zero-order valence-electron chi connectivity index (χ0n) is 5.98. The van der Waals surface area contributed by atoms with Gasteiger partial charge in [0.1, 0.15) is 0 Å². The van der Waals surface area contributed by atoms with Crippen LogP contribution >= 0.6 is 0 Å². The average Bonchev–Trinajstić information content (AvgIpc) is 2.10. The van der Waals surface area contributed by atoms with Gasteiger partial charge in [-0.3, -0.25) is 0 Å². The summed E-state index contributed by atoms with van der Waals surface area (Å²) in [4.78, 5) is 3.97. The van der Waals surface area contributed by atoms with Crippen LogP contribution in [0.25, 0.3) is 0 Å². The summed E-state index contributed by atoms with van der Waals surface area (Å²) in [6.45, 7) is 3.47. The molecule has 2 atom stereocenters. The van der Waals surface area contributed by atoms with Gasteiger partial charge < -0.3 is 14.9 Å². The van der Waals surface area contributed by atoms with Crippen LogP contribution in [0.3, 0.4) is 0 Å². The molecule has 58 valence electrons. The largest absolute Gasteiger partial charge is 0.470 e. The van der Waals surface area contributed by atoms with Crippen LogP contribution in [0.2, 0.25) is 0 Å². The van der Waals surface area contributed by atoms with E-state index in [0.29, 0.717) is 5.90 Å².